The molecule has 50 valence electrons. The van der Waals surface area contributed by atoms with Crippen molar-refractivity contribution in [2.75, 3.05) is 13.1 Å². The Bertz CT molecular complexity index is 83.0. The van der Waals surface area contributed by atoms with E-state index in [-0.39, 0.29) is 35.6 Å². The van der Waals surface area contributed by atoms with E-state index in [0.717, 1.165) is 0 Å². The summed E-state index contributed by atoms with van der Waals surface area (Å²) in [5, 5.41) is 0. The van der Waals surface area contributed by atoms with Crippen LogP contribution < -0.4 is 5.73 Å². The first-order valence-corrected chi connectivity index (χ1v) is 2.76. The zero-order valence-electron chi connectivity index (χ0n) is 5.35. The van der Waals surface area contributed by atoms with Gasteiger partial charge in [-0.15, -0.1) is 0 Å². The van der Waals surface area contributed by atoms with Gasteiger partial charge >= 0.3 is 35.6 Å². The maximum atomic E-state index is 10.3. The van der Waals surface area contributed by atoms with Gasteiger partial charge in [-0.3, -0.25) is 0 Å². The van der Waals surface area contributed by atoms with Gasteiger partial charge in [0.25, 0.3) is 0 Å². The van der Waals surface area contributed by atoms with Crippen molar-refractivity contribution in [1.29, 1.82) is 0 Å². The Labute approximate surface area is 77.9 Å². The van der Waals surface area contributed by atoms with Crippen molar-refractivity contribution < 1.29 is 4.79 Å². The fourth-order valence-corrected chi connectivity index (χ4v) is 0.535. The van der Waals surface area contributed by atoms with Gasteiger partial charge in [-0.05, 0) is 13.8 Å². The fourth-order valence-electron chi connectivity index (χ4n) is 0.535. The third-order valence-electron chi connectivity index (χ3n) is 1.08. The molecule has 0 radical (unpaired) electrons. The number of nitrogens with two attached hydrogens (primary N) is 1. The minimum absolute atomic E-state index is 0. The molecule has 0 bridgehead atoms. The molecule has 0 saturated heterocycles. The van der Waals surface area contributed by atoms with Gasteiger partial charge in [0.05, 0.1) is 0 Å². The van der Waals surface area contributed by atoms with Crippen LogP contribution in [0.1, 0.15) is 13.8 Å². The summed E-state index contributed by atoms with van der Waals surface area (Å²) in [4.78, 5) is 11.9. The molecule has 0 rings (SSSR count). The molecule has 0 aromatic carbocycles. The van der Waals surface area contributed by atoms with Crippen LogP contribution in [0.3, 0.4) is 0 Å². The Morgan fingerprint density at radius 3 is 1.78 bits per heavy atom. The summed E-state index contributed by atoms with van der Waals surface area (Å²) >= 11 is 0. The van der Waals surface area contributed by atoms with Gasteiger partial charge in [0.15, 0.2) is 0 Å². The molecule has 0 spiro atoms. The molecule has 0 heterocycles. The molecule has 2 N–H and O–H groups in total. The Kier molecular flexibility index (Phi) is 8.52. The van der Waals surface area contributed by atoms with Crippen LogP contribution in [0.4, 0.5) is 4.79 Å². The Morgan fingerprint density at radius 1 is 1.44 bits per heavy atom. The van der Waals surface area contributed by atoms with Crippen LogP contribution in [0.5, 0.6) is 0 Å². The Hall–Kier alpha value is 0.270. The van der Waals surface area contributed by atoms with Crippen LogP contribution in [0.15, 0.2) is 0 Å². The van der Waals surface area contributed by atoms with Crippen molar-refractivity contribution >= 4 is 35.6 Å². The van der Waals surface area contributed by atoms with Crippen LogP contribution in [0.25, 0.3) is 0 Å². The predicted octanol–water partition coefficient (Wildman–Crippen LogP) is -0.242. The Balaban J connectivity index is 0. The number of nitrogens with zero attached hydrogens (tertiary/aromatic N) is 1. The van der Waals surface area contributed by atoms with Gasteiger partial charge in [-0.1, -0.05) is 0 Å². The molecule has 0 unspecified atom stereocenters. The first kappa shape index (κ1) is 12.0. The topological polar surface area (TPSA) is 46.3 Å². The molecule has 3 nitrogen and oxygen atoms in total. The Morgan fingerprint density at radius 2 is 1.78 bits per heavy atom. The van der Waals surface area contributed by atoms with Gasteiger partial charge in [-0.2, -0.15) is 0 Å². The second-order valence-electron chi connectivity index (χ2n) is 1.51. The quantitative estimate of drug-likeness (QED) is 0.528. The van der Waals surface area contributed by atoms with Crippen LogP contribution in [-0.4, -0.2) is 53.6 Å². The van der Waals surface area contributed by atoms with Crippen LogP contribution in [0.2, 0.25) is 0 Å². The molecule has 0 atom stereocenters. The number of amides is 2. The summed E-state index contributed by atoms with van der Waals surface area (Å²) < 4.78 is 0. The van der Waals surface area contributed by atoms with E-state index in [0.29, 0.717) is 13.1 Å². The zero-order chi connectivity index (χ0) is 6.57. The second-order valence-corrected chi connectivity index (χ2v) is 1.51. The average molecular weight is 140 g/mol. The monoisotopic (exact) mass is 140 g/mol. The van der Waals surface area contributed by atoms with Crippen LogP contribution >= 0.6 is 0 Å². The molecule has 4 heteroatoms. The van der Waals surface area contributed by atoms with Crippen LogP contribution in [0, 0.1) is 0 Å². The number of rotatable bonds is 2. The zero-order valence-corrected chi connectivity index (χ0v) is 5.35. The van der Waals surface area contributed by atoms with E-state index in [2.05, 4.69) is 0 Å². The van der Waals surface area contributed by atoms with Crippen molar-refractivity contribution in [2.45, 2.75) is 13.8 Å². The van der Waals surface area contributed by atoms with E-state index < -0.39 is 0 Å². The van der Waals surface area contributed by atoms with Gasteiger partial charge in [0.2, 0.25) is 0 Å². The SMILES string of the molecule is CCN(CC)C(N)=O.[NaH]. The number of carbonyl (C=O) groups is 1. The van der Waals surface area contributed by atoms with E-state index in [1.807, 2.05) is 13.8 Å². The number of carbonyl (C=O) groups excluding carboxylic acids is 1. The van der Waals surface area contributed by atoms with Gasteiger partial charge < -0.3 is 10.6 Å². The summed E-state index contributed by atoms with van der Waals surface area (Å²) in [7, 11) is 0. The van der Waals surface area contributed by atoms with Crippen molar-refractivity contribution in [1.82, 2.24) is 4.90 Å². The van der Waals surface area contributed by atoms with Gasteiger partial charge in [0, 0.05) is 13.1 Å². The molecule has 0 saturated carbocycles. The average Bonchev–Trinajstić information content (AvgIpc) is 1.69. The van der Waals surface area contributed by atoms with E-state index in [4.69, 9.17) is 5.73 Å². The standard InChI is InChI=1S/C5H12N2O.Na.H/c1-3-7(4-2)5(6)8;;/h3-4H2,1-2H3,(H2,6,8);;. The van der Waals surface area contributed by atoms with Crippen molar-refractivity contribution in [3.63, 3.8) is 0 Å². The van der Waals surface area contributed by atoms with E-state index in [1.165, 1.54) is 0 Å². The molecular weight excluding hydrogens is 127 g/mol. The molecule has 9 heavy (non-hydrogen) atoms. The maximum absolute atomic E-state index is 10.3. The molecular formula is C5H13N2NaO. The van der Waals surface area contributed by atoms with Crippen molar-refractivity contribution in [3.05, 3.63) is 0 Å². The molecule has 0 aromatic heterocycles. The molecule has 0 aliphatic carbocycles. The summed E-state index contributed by atoms with van der Waals surface area (Å²) in [6.45, 7) is 5.19. The minimum atomic E-state index is -0.338. The van der Waals surface area contributed by atoms with Gasteiger partial charge in [0.1, 0.15) is 0 Å². The normalized spacial score (nSPS) is 7.78. The number of hydrogen-bond acceptors (Lipinski definition) is 1. The van der Waals surface area contributed by atoms with Crippen molar-refractivity contribution in [2.24, 2.45) is 5.73 Å². The number of urea groups is 1. The van der Waals surface area contributed by atoms with Gasteiger partial charge in [-0.25, -0.2) is 4.79 Å². The third-order valence-corrected chi connectivity index (χ3v) is 1.08. The van der Waals surface area contributed by atoms with E-state index in [9.17, 15) is 4.79 Å². The summed E-state index contributed by atoms with van der Waals surface area (Å²) in [6.07, 6.45) is 0. The first-order valence-electron chi connectivity index (χ1n) is 2.76. The number of hydrogen-bond donors (Lipinski definition) is 1. The van der Waals surface area contributed by atoms with E-state index in [1.54, 1.807) is 4.90 Å². The van der Waals surface area contributed by atoms with Crippen LogP contribution in [-0.2, 0) is 0 Å². The fraction of sp³-hybridized carbons (Fsp3) is 0.800. The third kappa shape index (κ3) is 4.75. The molecule has 2 amide bonds. The molecule has 0 aliphatic heterocycles. The van der Waals surface area contributed by atoms with Crippen molar-refractivity contribution in [3.8, 4) is 0 Å². The number of primary amides is 1. The summed E-state index contributed by atoms with van der Waals surface area (Å²) in [5.41, 5.74) is 4.94. The summed E-state index contributed by atoms with van der Waals surface area (Å²) in [5.74, 6) is 0. The summed E-state index contributed by atoms with van der Waals surface area (Å²) in [6, 6.07) is -0.338. The molecule has 0 aromatic rings. The molecule has 0 fully saturated rings. The second kappa shape index (κ2) is 6.39. The molecule has 0 aliphatic rings. The predicted molar refractivity (Wildman–Crippen MR) is 39.7 cm³/mol. The van der Waals surface area contributed by atoms with E-state index >= 15 is 0 Å². The first-order chi connectivity index (χ1) is 3.72.